The van der Waals surface area contributed by atoms with E-state index in [0.29, 0.717) is 25.6 Å². The molecule has 1 saturated carbocycles. The van der Waals surface area contributed by atoms with E-state index < -0.39 is 0 Å². The number of benzene rings is 1. The maximum absolute atomic E-state index is 6.12. The maximum Gasteiger partial charge on any atom is 0.139 e. The summed E-state index contributed by atoms with van der Waals surface area (Å²) in [6.07, 6.45) is 2.18. The fraction of sp³-hybridized carbons (Fsp3) is 0.538. The molecule has 0 saturated heterocycles. The molecule has 0 heterocycles. The molecule has 3 atom stereocenters. The Balaban J connectivity index is 2.18. The first-order valence-electron chi connectivity index (χ1n) is 5.83. The zero-order valence-corrected chi connectivity index (χ0v) is 14.0. The van der Waals surface area contributed by atoms with Gasteiger partial charge in [-0.1, -0.05) is 64.6 Å². The third kappa shape index (κ3) is 2.49. The van der Waals surface area contributed by atoms with Gasteiger partial charge in [0.2, 0.25) is 0 Å². The molecule has 2 rings (SSSR count). The van der Waals surface area contributed by atoms with Crippen molar-refractivity contribution in [3.8, 4) is 5.75 Å². The Bertz CT molecular complexity index is 466. The van der Waals surface area contributed by atoms with Gasteiger partial charge in [0, 0.05) is 16.3 Å². The van der Waals surface area contributed by atoms with Crippen LogP contribution in [-0.2, 0) is 0 Å². The smallest absolute Gasteiger partial charge is 0.139 e. The normalized spacial score (nSPS) is 31.0. The number of hydrogen-bond donors (Lipinski definition) is 0. The van der Waals surface area contributed by atoms with Crippen LogP contribution in [0.4, 0.5) is 0 Å². The van der Waals surface area contributed by atoms with E-state index in [2.05, 4.69) is 29.8 Å². The van der Waals surface area contributed by atoms with Crippen molar-refractivity contribution < 1.29 is 4.74 Å². The summed E-state index contributed by atoms with van der Waals surface area (Å²) in [5.41, 5.74) is 0.134. The van der Waals surface area contributed by atoms with Crippen molar-refractivity contribution in [2.75, 3.05) is 0 Å². The fourth-order valence-corrected chi connectivity index (χ4v) is 3.69. The minimum Gasteiger partial charge on any atom is -0.488 e. The van der Waals surface area contributed by atoms with Gasteiger partial charge in [-0.3, -0.25) is 0 Å². The first-order chi connectivity index (χ1) is 8.38. The lowest BCUT2D eigenvalue weighted by Crippen LogP contribution is -2.54. The summed E-state index contributed by atoms with van der Waals surface area (Å²) in [6, 6.07) is 3.30. The van der Waals surface area contributed by atoms with Crippen LogP contribution in [0.25, 0.3) is 0 Å². The van der Waals surface area contributed by atoms with Crippen molar-refractivity contribution in [1.29, 1.82) is 0 Å². The van der Waals surface area contributed by atoms with Gasteiger partial charge >= 0.3 is 0 Å². The summed E-state index contributed by atoms with van der Waals surface area (Å²) in [5, 5.41) is 1.41. The molecule has 100 valence electrons. The van der Waals surface area contributed by atoms with Crippen LogP contribution in [0.3, 0.4) is 0 Å². The molecule has 1 nitrogen and oxygen atoms in total. The Labute approximate surface area is 131 Å². The van der Waals surface area contributed by atoms with E-state index in [1.807, 2.05) is 0 Å². The summed E-state index contributed by atoms with van der Waals surface area (Å²) in [6.45, 7) is 4.38. The van der Waals surface area contributed by atoms with E-state index in [-0.39, 0.29) is 11.5 Å². The van der Waals surface area contributed by atoms with Crippen LogP contribution < -0.4 is 4.74 Å². The second-order valence-corrected chi connectivity index (χ2v) is 7.19. The molecule has 0 aliphatic heterocycles. The maximum atomic E-state index is 6.12. The SMILES string of the molecule is CCC1(C)C(Br)CC1Oc1cc(Cl)c(Cl)cc1Cl. The number of alkyl halides is 1. The molecule has 0 aromatic heterocycles. The number of hydrogen-bond acceptors (Lipinski definition) is 1. The third-order valence-corrected chi connectivity index (χ3v) is 6.32. The summed E-state index contributed by atoms with van der Waals surface area (Å²) < 4.78 is 5.99. The standard InChI is InChI=1S/C13H14BrCl3O/c1-3-13(2)11(14)6-12(13)18-10-5-8(16)7(15)4-9(10)17/h4-5,11-12H,3,6H2,1-2H3. The molecule has 3 unspecified atom stereocenters. The van der Waals surface area contributed by atoms with Gasteiger partial charge in [0.1, 0.15) is 11.9 Å². The van der Waals surface area contributed by atoms with Gasteiger partial charge in [-0.25, -0.2) is 0 Å². The minimum absolute atomic E-state index is 0.134. The minimum atomic E-state index is 0.134. The van der Waals surface area contributed by atoms with Crippen LogP contribution in [0.15, 0.2) is 12.1 Å². The van der Waals surface area contributed by atoms with Crippen molar-refractivity contribution in [2.45, 2.75) is 37.6 Å². The van der Waals surface area contributed by atoms with Crippen molar-refractivity contribution >= 4 is 50.7 Å². The Hall–Kier alpha value is 0.370. The van der Waals surface area contributed by atoms with Gasteiger partial charge in [0.25, 0.3) is 0 Å². The highest BCUT2D eigenvalue weighted by Gasteiger charge is 2.51. The number of rotatable bonds is 3. The highest BCUT2D eigenvalue weighted by atomic mass is 79.9. The number of halogens is 4. The first-order valence-corrected chi connectivity index (χ1v) is 7.88. The van der Waals surface area contributed by atoms with Crippen LogP contribution in [0, 0.1) is 5.41 Å². The van der Waals surface area contributed by atoms with E-state index in [4.69, 9.17) is 39.5 Å². The highest BCUT2D eigenvalue weighted by Crippen LogP contribution is 2.51. The van der Waals surface area contributed by atoms with Crippen LogP contribution in [0.1, 0.15) is 26.7 Å². The van der Waals surface area contributed by atoms with Crippen molar-refractivity contribution in [1.82, 2.24) is 0 Å². The summed E-state index contributed by atoms with van der Waals surface area (Å²) in [4.78, 5) is 0.488. The van der Waals surface area contributed by atoms with Gasteiger partial charge in [0.05, 0.1) is 15.1 Å². The molecule has 18 heavy (non-hydrogen) atoms. The van der Waals surface area contributed by atoms with E-state index in [1.165, 1.54) is 0 Å². The lowest BCUT2D eigenvalue weighted by atomic mass is 9.65. The second kappa shape index (κ2) is 5.40. The Kier molecular flexibility index (Phi) is 4.43. The van der Waals surface area contributed by atoms with Crippen LogP contribution in [-0.4, -0.2) is 10.9 Å². The van der Waals surface area contributed by atoms with Gasteiger partial charge in [-0.05, 0) is 18.9 Å². The lowest BCUT2D eigenvalue weighted by Gasteiger charge is -2.50. The summed E-state index contributed by atoms with van der Waals surface area (Å²) in [5.74, 6) is 0.607. The second-order valence-electron chi connectivity index (χ2n) is 4.87. The molecule has 1 aromatic rings. The lowest BCUT2D eigenvalue weighted by molar-refractivity contribution is -0.0242. The molecule has 1 aliphatic carbocycles. The van der Waals surface area contributed by atoms with Crippen LogP contribution >= 0.6 is 50.7 Å². The molecule has 0 amide bonds. The van der Waals surface area contributed by atoms with Crippen molar-refractivity contribution in [2.24, 2.45) is 5.41 Å². The molecule has 0 radical (unpaired) electrons. The fourth-order valence-electron chi connectivity index (χ4n) is 2.15. The van der Waals surface area contributed by atoms with Gasteiger partial charge < -0.3 is 4.74 Å². The Morgan fingerprint density at radius 3 is 2.44 bits per heavy atom. The monoisotopic (exact) mass is 370 g/mol. The van der Waals surface area contributed by atoms with Gasteiger partial charge in [-0.2, -0.15) is 0 Å². The molecular weight excluding hydrogens is 358 g/mol. The largest absolute Gasteiger partial charge is 0.488 e. The topological polar surface area (TPSA) is 9.23 Å². The first kappa shape index (κ1) is 14.8. The average Bonchev–Trinajstić information content (AvgIpc) is 2.34. The molecule has 0 N–H and O–H groups in total. The molecule has 5 heteroatoms. The zero-order chi connectivity index (χ0) is 13.5. The zero-order valence-electron chi connectivity index (χ0n) is 10.1. The molecule has 1 aromatic carbocycles. The highest BCUT2D eigenvalue weighted by molar-refractivity contribution is 9.09. The summed E-state index contributed by atoms with van der Waals surface area (Å²) >= 11 is 21.7. The molecule has 0 bridgehead atoms. The van der Waals surface area contributed by atoms with Gasteiger partial charge in [-0.15, -0.1) is 0 Å². The van der Waals surface area contributed by atoms with Crippen molar-refractivity contribution in [3.63, 3.8) is 0 Å². The molecule has 0 spiro atoms. The predicted octanol–water partition coefficient (Wildman–Crippen LogP) is 5.98. The Morgan fingerprint density at radius 1 is 1.28 bits per heavy atom. The van der Waals surface area contributed by atoms with E-state index in [1.54, 1.807) is 12.1 Å². The molecule has 1 aliphatic rings. The van der Waals surface area contributed by atoms with E-state index in [0.717, 1.165) is 12.8 Å². The molecule has 1 fully saturated rings. The predicted molar refractivity (Wildman–Crippen MR) is 81.6 cm³/mol. The average molecular weight is 373 g/mol. The van der Waals surface area contributed by atoms with E-state index >= 15 is 0 Å². The van der Waals surface area contributed by atoms with Crippen LogP contribution in [0.2, 0.25) is 15.1 Å². The molecular formula is C13H14BrCl3O. The quantitative estimate of drug-likeness (QED) is 0.469. The van der Waals surface area contributed by atoms with E-state index in [9.17, 15) is 0 Å². The summed E-state index contributed by atoms with van der Waals surface area (Å²) in [7, 11) is 0. The number of ether oxygens (including phenoxy) is 1. The third-order valence-electron chi connectivity index (χ3n) is 3.88. The van der Waals surface area contributed by atoms with Crippen LogP contribution in [0.5, 0.6) is 5.75 Å². The van der Waals surface area contributed by atoms with Gasteiger partial charge in [0.15, 0.2) is 0 Å². The van der Waals surface area contributed by atoms with Crippen molar-refractivity contribution in [3.05, 3.63) is 27.2 Å². The Morgan fingerprint density at radius 2 is 1.89 bits per heavy atom.